The maximum Gasteiger partial charge on any atom is 0.326 e. The Morgan fingerprint density at radius 3 is 2.41 bits per heavy atom. The van der Waals surface area contributed by atoms with E-state index in [0.29, 0.717) is 30.6 Å². The molecule has 0 aromatic carbocycles. The number of fused-ring (bicyclic) bond motifs is 5. The Morgan fingerprint density at radius 1 is 1.07 bits per heavy atom. The molecule has 2 amide bonds. The first kappa shape index (κ1) is 33.5. The summed E-state index contributed by atoms with van der Waals surface area (Å²) in [4.78, 5) is 53.1. The molecule has 0 aliphatic heterocycles. The van der Waals surface area contributed by atoms with E-state index in [1.165, 1.54) is 5.57 Å². The van der Waals surface area contributed by atoms with Crippen LogP contribution in [0.3, 0.4) is 0 Å². The smallest absolute Gasteiger partial charge is 0.326 e. The zero-order valence-corrected chi connectivity index (χ0v) is 26.2. The molecule has 0 heterocycles. The van der Waals surface area contributed by atoms with Gasteiger partial charge in [-0.2, -0.15) is 0 Å². The molecule has 11 nitrogen and oxygen atoms in total. The highest BCUT2D eigenvalue weighted by Gasteiger charge is 2.63. The summed E-state index contributed by atoms with van der Waals surface area (Å²) in [7, 11) is 0. The van der Waals surface area contributed by atoms with Crippen LogP contribution >= 0.6 is 0 Å². The van der Waals surface area contributed by atoms with Gasteiger partial charge in [-0.15, -0.1) is 6.42 Å². The number of allylic oxidation sites excluding steroid dienone is 2. The monoisotopic (exact) mass is 613 g/mol. The second-order valence-electron chi connectivity index (χ2n) is 14.0. The average molecular weight is 614 g/mol. The largest absolute Gasteiger partial charge is 0.481 e. The number of carbonyl (C=O) groups excluding carboxylic acids is 2. The summed E-state index contributed by atoms with van der Waals surface area (Å²) in [6.45, 7) is 7.55. The van der Waals surface area contributed by atoms with Crippen LogP contribution in [0.15, 0.2) is 16.8 Å². The number of terminal acetylenes is 1. The lowest BCUT2D eigenvalue weighted by atomic mass is 9.46. The number of nitrogens with one attached hydrogen (secondary N) is 2. The van der Waals surface area contributed by atoms with Crippen molar-refractivity contribution in [1.29, 1.82) is 0 Å². The van der Waals surface area contributed by atoms with Crippen molar-refractivity contribution in [3.8, 4) is 12.3 Å². The zero-order chi connectivity index (χ0) is 32.4. The van der Waals surface area contributed by atoms with Gasteiger partial charge in [0.25, 0.3) is 5.91 Å². The van der Waals surface area contributed by atoms with Gasteiger partial charge in [-0.1, -0.05) is 44.3 Å². The highest BCUT2D eigenvalue weighted by atomic mass is 16.6. The van der Waals surface area contributed by atoms with Crippen molar-refractivity contribution in [3.63, 3.8) is 0 Å². The molecule has 0 saturated heterocycles. The number of carbonyl (C=O) groups is 4. The Morgan fingerprint density at radius 2 is 1.77 bits per heavy atom. The van der Waals surface area contributed by atoms with Crippen LogP contribution in [0.25, 0.3) is 0 Å². The third kappa shape index (κ3) is 6.37. The van der Waals surface area contributed by atoms with Crippen molar-refractivity contribution in [2.24, 2.45) is 39.7 Å². The number of aliphatic carboxylic acids is 2. The van der Waals surface area contributed by atoms with E-state index in [1.54, 1.807) is 13.8 Å². The van der Waals surface area contributed by atoms with E-state index in [9.17, 15) is 29.4 Å². The molecule has 3 saturated carbocycles. The number of carboxylic acid groups (broad SMARTS) is 2. The lowest BCUT2D eigenvalue weighted by Gasteiger charge is -2.58. The minimum atomic E-state index is -1.39. The lowest BCUT2D eigenvalue weighted by molar-refractivity contribution is -0.143. The van der Waals surface area contributed by atoms with E-state index in [1.807, 2.05) is 0 Å². The molecule has 4 aliphatic rings. The molecule has 0 unspecified atom stereocenters. The van der Waals surface area contributed by atoms with Crippen molar-refractivity contribution in [2.75, 3.05) is 6.61 Å². The normalized spacial score (nSPS) is 34.8. The molecule has 0 spiro atoms. The van der Waals surface area contributed by atoms with Crippen molar-refractivity contribution < 1.29 is 39.3 Å². The Kier molecular flexibility index (Phi) is 9.84. The first-order valence-corrected chi connectivity index (χ1v) is 15.8. The number of rotatable bonds is 11. The number of carboxylic acids is 2. The Bertz CT molecular complexity index is 1270. The molecule has 4 aliphatic carbocycles. The van der Waals surface area contributed by atoms with Crippen molar-refractivity contribution in [1.82, 2.24) is 10.6 Å². The molecule has 0 aromatic rings. The third-order valence-electron chi connectivity index (χ3n) is 11.3. The number of aliphatic hydroxyl groups is 1. The van der Waals surface area contributed by atoms with Crippen LogP contribution in [0.2, 0.25) is 0 Å². The van der Waals surface area contributed by atoms with Crippen molar-refractivity contribution >= 4 is 29.5 Å². The van der Waals surface area contributed by atoms with Crippen LogP contribution in [-0.2, 0) is 24.0 Å². The van der Waals surface area contributed by atoms with Crippen molar-refractivity contribution in [3.05, 3.63) is 11.6 Å². The fraction of sp³-hybridized carbons (Fsp3) is 0.727. The van der Waals surface area contributed by atoms with Gasteiger partial charge >= 0.3 is 11.9 Å². The minimum absolute atomic E-state index is 0.0492. The summed E-state index contributed by atoms with van der Waals surface area (Å²) in [5.74, 6) is 0.0444. The van der Waals surface area contributed by atoms with Crippen LogP contribution in [0.4, 0.5) is 0 Å². The Balaban J connectivity index is 1.34. The molecule has 44 heavy (non-hydrogen) atoms. The van der Waals surface area contributed by atoms with Gasteiger partial charge in [-0.05, 0) is 93.0 Å². The average Bonchev–Trinajstić information content (AvgIpc) is 3.24. The number of nitrogens with zero attached hydrogens (tertiary/aromatic N) is 1. The van der Waals surface area contributed by atoms with E-state index in [-0.39, 0.29) is 23.2 Å². The van der Waals surface area contributed by atoms with Gasteiger partial charge in [0.1, 0.15) is 17.7 Å². The summed E-state index contributed by atoms with van der Waals surface area (Å²) in [6, 6.07) is -2.42. The predicted octanol–water partition coefficient (Wildman–Crippen LogP) is 3.26. The van der Waals surface area contributed by atoms with E-state index in [4.69, 9.17) is 16.4 Å². The molecular formula is C33H47N3O8. The zero-order valence-electron chi connectivity index (χ0n) is 26.2. The molecule has 0 aromatic heterocycles. The van der Waals surface area contributed by atoms with Crippen LogP contribution < -0.4 is 10.6 Å². The van der Waals surface area contributed by atoms with E-state index >= 15 is 0 Å². The molecule has 242 valence electrons. The van der Waals surface area contributed by atoms with Crippen LogP contribution in [-0.4, -0.2) is 69.1 Å². The van der Waals surface area contributed by atoms with Gasteiger partial charge in [0.2, 0.25) is 5.91 Å². The fourth-order valence-electron chi connectivity index (χ4n) is 8.61. The van der Waals surface area contributed by atoms with Crippen LogP contribution in [0, 0.1) is 46.8 Å². The molecule has 11 heteroatoms. The standard InChI is InChI=1S/C33H47N3O8/c1-6-33(43)16-13-24-22-8-7-20-17-21(11-14-31(20,4)23(22)12-15-32(24,33)5)36-44-18-26(37)35-28(19(2)3)29(40)34-25(30(41)42)9-10-27(38)39/h1,17,19,22-25,28,43H,7-16,18H2,2-5H3,(H,34,40)(H,35,37)(H,38,39)(H,41,42)/b36-21+/t22-,23-,24-,25-,28+,31+,32+,33-/m1/s1. The summed E-state index contributed by atoms with van der Waals surface area (Å²) < 4.78 is 0. The topological polar surface area (TPSA) is 175 Å². The summed E-state index contributed by atoms with van der Waals surface area (Å²) >= 11 is 0. The first-order valence-electron chi connectivity index (χ1n) is 15.8. The molecule has 8 atom stereocenters. The molecular weight excluding hydrogens is 566 g/mol. The predicted molar refractivity (Wildman–Crippen MR) is 162 cm³/mol. The minimum Gasteiger partial charge on any atom is -0.481 e. The Labute approximate surface area is 259 Å². The molecule has 5 N–H and O–H groups in total. The van der Waals surface area contributed by atoms with Gasteiger partial charge in [0.05, 0.1) is 5.71 Å². The number of amides is 2. The summed E-state index contributed by atoms with van der Waals surface area (Å²) in [6.07, 6.45) is 14.5. The quantitative estimate of drug-likeness (QED) is 0.174. The van der Waals surface area contributed by atoms with Gasteiger partial charge in [0, 0.05) is 11.8 Å². The number of hydrogen-bond donors (Lipinski definition) is 5. The lowest BCUT2D eigenvalue weighted by Crippen LogP contribution is -2.54. The van der Waals surface area contributed by atoms with Gasteiger partial charge in [0.15, 0.2) is 6.61 Å². The SMILES string of the molecule is C#C[C@@]1(O)CC[C@@H]2[C@@H]3CCC4=C/C(=N/OCC(=O)N[C@H](C(=O)N[C@H](CCC(=O)O)C(=O)O)C(C)C)CC[C@]4(C)[C@@H]3CC[C@@]21C. The van der Waals surface area contributed by atoms with Crippen LogP contribution in [0.1, 0.15) is 91.9 Å². The second-order valence-corrected chi connectivity index (χ2v) is 14.0. The summed E-state index contributed by atoms with van der Waals surface area (Å²) in [5.41, 5.74) is 0.931. The summed E-state index contributed by atoms with van der Waals surface area (Å²) in [5, 5.41) is 38.6. The highest BCUT2D eigenvalue weighted by molar-refractivity contribution is 5.96. The fourth-order valence-corrected chi connectivity index (χ4v) is 8.61. The third-order valence-corrected chi connectivity index (χ3v) is 11.3. The highest BCUT2D eigenvalue weighted by Crippen LogP contribution is 2.67. The van der Waals surface area contributed by atoms with Gasteiger partial charge < -0.3 is 30.8 Å². The number of hydrogen-bond acceptors (Lipinski definition) is 7. The molecule has 0 bridgehead atoms. The molecule has 4 rings (SSSR count). The van der Waals surface area contributed by atoms with E-state index < -0.39 is 54.5 Å². The van der Waals surface area contributed by atoms with Crippen LogP contribution in [0.5, 0.6) is 0 Å². The maximum absolute atomic E-state index is 12.8. The maximum atomic E-state index is 12.8. The first-order chi connectivity index (χ1) is 20.6. The molecule has 3 fully saturated rings. The second kappa shape index (κ2) is 12.9. The van der Waals surface area contributed by atoms with Crippen molar-refractivity contribution in [2.45, 2.75) is 110 Å². The molecule has 0 radical (unpaired) electrons. The van der Waals surface area contributed by atoms with Gasteiger partial charge in [-0.25, -0.2) is 4.79 Å². The van der Waals surface area contributed by atoms with Gasteiger partial charge in [-0.3, -0.25) is 14.4 Å². The van der Waals surface area contributed by atoms with E-state index in [2.05, 4.69) is 41.6 Å². The Hall–Kier alpha value is -3.39. The van der Waals surface area contributed by atoms with E-state index in [0.717, 1.165) is 44.2 Å². The number of oxime groups is 1.